The van der Waals surface area contributed by atoms with Crippen molar-refractivity contribution in [1.82, 2.24) is 5.32 Å². The molecule has 1 saturated heterocycles. The van der Waals surface area contributed by atoms with Gasteiger partial charge in [0, 0.05) is 18.8 Å². The lowest BCUT2D eigenvalue weighted by Crippen LogP contribution is -2.32. The van der Waals surface area contributed by atoms with Crippen LogP contribution < -0.4 is 10.2 Å². The van der Waals surface area contributed by atoms with Gasteiger partial charge in [-0.25, -0.2) is 0 Å². The molecule has 0 bridgehead atoms. The standard InChI is InChI=1S/C23H30N2O/c1-17-4-6-20(7-5-17)16-23(26)24-19(3)21-8-10-22(11-9-21)25-14-12-18(2)13-15-25/h4-11,18-19H,12-16H2,1-3H3,(H,24,26)/t19-/m0/s1. The first-order valence-corrected chi connectivity index (χ1v) is 9.71. The van der Waals surface area contributed by atoms with E-state index in [0.29, 0.717) is 6.42 Å². The number of amides is 1. The molecule has 0 spiro atoms. The minimum absolute atomic E-state index is 0.0170. The fourth-order valence-corrected chi connectivity index (χ4v) is 3.51. The van der Waals surface area contributed by atoms with E-state index in [4.69, 9.17) is 0 Å². The third-order valence-corrected chi connectivity index (χ3v) is 5.40. The molecule has 1 N–H and O–H groups in total. The van der Waals surface area contributed by atoms with Gasteiger partial charge < -0.3 is 10.2 Å². The Labute approximate surface area is 157 Å². The maximum Gasteiger partial charge on any atom is 0.224 e. The number of hydrogen-bond acceptors (Lipinski definition) is 2. The lowest BCUT2D eigenvalue weighted by Gasteiger charge is -2.32. The average Bonchev–Trinajstić information content (AvgIpc) is 2.64. The van der Waals surface area contributed by atoms with E-state index >= 15 is 0 Å². The van der Waals surface area contributed by atoms with Crippen LogP contribution >= 0.6 is 0 Å². The van der Waals surface area contributed by atoms with Gasteiger partial charge in [0.1, 0.15) is 0 Å². The van der Waals surface area contributed by atoms with Crippen LogP contribution in [0.15, 0.2) is 48.5 Å². The molecule has 26 heavy (non-hydrogen) atoms. The number of nitrogens with zero attached hydrogens (tertiary/aromatic N) is 1. The number of anilines is 1. The number of piperidine rings is 1. The summed E-state index contributed by atoms with van der Waals surface area (Å²) < 4.78 is 0. The Balaban J connectivity index is 1.54. The number of aryl methyl sites for hydroxylation is 1. The molecule has 0 saturated carbocycles. The number of nitrogens with one attached hydrogen (secondary N) is 1. The molecule has 2 aromatic carbocycles. The SMILES string of the molecule is Cc1ccc(CC(=O)N[C@@H](C)c2ccc(N3CCC(C)CC3)cc2)cc1. The normalized spacial score (nSPS) is 16.3. The summed E-state index contributed by atoms with van der Waals surface area (Å²) >= 11 is 0. The van der Waals surface area contributed by atoms with Crippen LogP contribution in [0.5, 0.6) is 0 Å². The lowest BCUT2D eigenvalue weighted by atomic mass is 9.98. The van der Waals surface area contributed by atoms with E-state index in [-0.39, 0.29) is 11.9 Å². The van der Waals surface area contributed by atoms with E-state index in [0.717, 1.165) is 30.1 Å². The molecule has 1 fully saturated rings. The van der Waals surface area contributed by atoms with E-state index < -0.39 is 0 Å². The van der Waals surface area contributed by atoms with Gasteiger partial charge in [0.05, 0.1) is 12.5 Å². The van der Waals surface area contributed by atoms with Gasteiger partial charge in [-0.15, -0.1) is 0 Å². The molecule has 2 aromatic rings. The Morgan fingerprint density at radius 3 is 2.31 bits per heavy atom. The second-order valence-corrected chi connectivity index (χ2v) is 7.71. The first kappa shape index (κ1) is 18.5. The van der Waals surface area contributed by atoms with Crippen molar-refractivity contribution >= 4 is 11.6 Å². The molecule has 1 amide bonds. The van der Waals surface area contributed by atoms with Gasteiger partial charge in [0.15, 0.2) is 0 Å². The summed E-state index contributed by atoms with van der Waals surface area (Å²) in [7, 11) is 0. The summed E-state index contributed by atoms with van der Waals surface area (Å²) in [5.41, 5.74) is 4.70. The highest BCUT2D eigenvalue weighted by Crippen LogP contribution is 2.24. The Kier molecular flexibility index (Phi) is 5.97. The molecule has 1 aliphatic heterocycles. The average molecular weight is 351 g/mol. The maximum absolute atomic E-state index is 12.3. The number of carbonyl (C=O) groups excluding carboxylic acids is 1. The van der Waals surface area contributed by atoms with Crippen LogP contribution in [0.2, 0.25) is 0 Å². The quantitative estimate of drug-likeness (QED) is 0.851. The zero-order valence-corrected chi connectivity index (χ0v) is 16.2. The van der Waals surface area contributed by atoms with Crippen molar-refractivity contribution < 1.29 is 4.79 Å². The molecule has 0 radical (unpaired) electrons. The summed E-state index contributed by atoms with van der Waals surface area (Å²) in [6.07, 6.45) is 2.97. The number of hydrogen-bond donors (Lipinski definition) is 1. The van der Waals surface area contributed by atoms with Gasteiger partial charge in [-0.1, -0.05) is 48.9 Å². The highest BCUT2D eigenvalue weighted by atomic mass is 16.1. The van der Waals surface area contributed by atoms with Crippen LogP contribution in [0, 0.1) is 12.8 Å². The van der Waals surface area contributed by atoms with Crippen LogP contribution in [0.4, 0.5) is 5.69 Å². The van der Waals surface area contributed by atoms with E-state index in [1.807, 2.05) is 31.2 Å². The van der Waals surface area contributed by atoms with Gasteiger partial charge in [-0.05, 0) is 55.9 Å². The Bertz CT molecular complexity index is 713. The molecular formula is C23H30N2O. The summed E-state index contributed by atoms with van der Waals surface area (Å²) in [5, 5.41) is 3.11. The van der Waals surface area contributed by atoms with Crippen molar-refractivity contribution in [2.24, 2.45) is 5.92 Å². The van der Waals surface area contributed by atoms with Crippen molar-refractivity contribution in [3.63, 3.8) is 0 Å². The second kappa shape index (κ2) is 8.39. The summed E-state index contributed by atoms with van der Waals surface area (Å²) in [5.74, 6) is 0.907. The van der Waals surface area contributed by atoms with Crippen LogP contribution in [0.1, 0.15) is 49.4 Å². The van der Waals surface area contributed by atoms with E-state index in [9.17, 15) is 4.79 Å². The number of benzene rings is 2. The van der Waals surface area contributed by atoms with Crippen molar-refractivity contribution in [2.45, 2.75) is 46.1 Å². The van der Waals surface area contributed by atoms with Crippen LogP contribution in [0.3, 0.4) is 0 Å². The van der Waals surface area contributed by atoms with Crippen LogP contribution in [-0.2, 0) is 11.2 Å². The molecule has 1 aliphatic rings. The van der Waals surface area contributed by atoms with Crippen molar-refractivity contribution in [1.29, 1.82) is 0 Å². The fourth-order valence-electron chi connectivity index (χ4n) is 3.51. The minimum atomic E-state index is 0.0170. The van der Waals surface area contributed by atoms with Crippen molar-refractivity contribution in [2.75, 3.05) is 18.0 Å². The van der Waals surface area contributed by atoms with Gasteiger partial charge >= 0.3 is 0 Å². The van der Waals surface area contributed by atoms with E-state index in [1.165, 1.54) is 24.1 Å². The molecule has 0 unspecified atom stereocenters. The predicted molar refractivity (Wildman–Crippen MR) is 108 cm³/mol. The van der Waals surface area contributed by atoms with Gasteiger partial charge in [0.25, 0.3) is 0 Å². The van der Waals surface area contributed by atoms with Gasteiger partial charge in [0.2, 0.25) is 5.91 Å². The van der Waals surface area contributed by atoms with Gasteiger partial charge in [-0.3, -0.25) is 4.79 Å². The molecule has 0 aliphatic carbocycles. The summed E-state index contributed by atoms with van der Waals surface area (Å²) in [4.78, 5) is 14.8. The molecule has 3 nitrogen and oxygen atoms in total. The van der Waals surface area contributed by atoms with Gasteiger partial charge in [-0.2, -0.15) is 0 Å². The zero-order valence-electron chi connectivity index (χ0n) is 16.2. The molecule has 1 atom stereocenters. The minimum Gasteiger partial charge on any atom is -0.372 e. The molecule has 3 rings (SSSR count). The Morgan fingerprint density at radius 1 is 1.08 bits per heavy atom. The molecule has 3 heteroatoms. The third kappa shape index (κ3) is 4.87. The highest BCUT2D eigenvalue weighted by Gasteiger charge is 2.16. The number of rotatable bonds is 5. The first-order chi connectivity index (χ1) is 12.5. The second-order valence-electron chi connectivity index (χ2n) is 7.71. The Morgan fingerprint density at radius 2 is 1.69 bits per heavy atom. The van der Waals surface area contributed by atoms with Crippen LogP contribution in [-0.4, -0.2) is 19.0 Å². The van der Waals surface area contributed by atoms with Crippen molar-refractivity contribution in [3.8, 4) is 0 Å². The van der Waals surface area contributed by atoms with E-state index in [2.05, 4.69) is 48.3 Å². The van der Waals surface area contributed by atoms with Crippen molar-refractivity contribution in [3.05, 3.63) is 65.2 Å². The predicted octanol–water partition coefficient (Wildman–Crippen LogP) is 4.65. The molecular weight excluding hydrogens is 320 g/mol. The maximum atomic E-state index is 12.3. The summed E-state index contributed by atoms with van der Waals surface area (Å²) in [6.45, 7) is 8.72. The smallest absolute Gasteiger partial charge is 0.224 e. The summed E-state index contributed by atoms with van der Waals surface area (Å²) in [6, 6.07) is 16.8. The zero-order chi connectivity index (χ0) is 18.5. The highest BCUT2D eigenvalue weighted by molar-refractivity contribution is 5.79. The third-order valence-electron chi connectivity index (χ3n) is 5.40. The first-order valence-electron chi connectivity index (χ1n) is 9.71. The molecule has 138 valence electrons. The monoisotopic (exact) mass is 350 g/mol. The topological polar surface area (TPSA) is 32.3 Å². The molecule has 0 aromatic heterocycles. The lowest BCUT2D eigenvalue weighted by molar-refractivity contribution is -0.121. The van der Waals surface area contributed by atoms with E-state index in [1.54, 1.807) is 0 Å². The Hall–Kier alpha value is -2.29. The van der Waals surface area contributed by atoms with Crippen LogP contribution in [0.25, 0.3) is 0 Å². The largest absolute Gasteiger partial charge is 0.372 e. The fraction of sp³-hybridized carbons (Fsp3) is 0.435. The molecule has 1 heterocycles. The number of carbonyl (C=O) groups is 1.